The molecule has 2 nitrogen and oxygen atoms in total. The van der Waals surface area contributed by atoms with Crippen molar-refractivity contribution in [1.82, 2.24) is 3.93 Å². The molecule has 4 heteroatoms. The minimum atomic E-state index is -0.326. The number of hydrogen-bond donors (Lipinski definition) is 0. The van der Waals surface area contributed by atoms with Gasteiger partial charge < -0.3 is 0 Å². The maximum Gasteiger partial charge on any atom is 0.157 e. The average Bonchev–Trinajstić information content (AvgIpc) is 1.64. The van der Waals surface area contributed by atoms with E-state index in [4.69, 9.17) is 0 Å². The van der Waals surface area contributed by atoms with Gasteiger partial charge in [-0.3, -0.25) is 8.92 Å². The highest BCUT2D eigenvalue weighted by Crippen LogP contribution is 2.07. The molecule has 8 heavy (non-hydrogen) atoms. The van der Waals surface area contributed by atoms with Crippen molar-refractivity contribution in [2.45, 2.75) is 0 Å². The van der Waals surface area contributed by atoms with Gasteiger partial charge in [-0.1, -0.05) is 0 Å². The van der Waals surface area contributed by atoms with Gasteiger partial charge in [0.1, 0.15) is 6.67 Å². The van der Waals surface area contributed by atoms with Gasteiger partial charge in [0, 0.05) is 6.20 Å². The Bertz CT molecular complexity index is 143. The molecule has 1 aliphatic rings. The first-order valence-corrected chi connectivity index (χ1v) is 2.79. The van der Waals surface area contributed by atoms with E-state index in [2.05, 4.69) is 21.1 Å². The molecule has 0 fully saturated rings. The minimum absolute atomic E-state index is 0.326. The van der Waals surface area contributed by atoms with Gasteiger partial charge in [-0.05, 0) is 0 Å². The van der Waals surface area contributed by atoms with Gasteiger partial charge in [-0.2, -0.15) is 0 Å². The van der Waals surface area contributed by atoms with Crippen LogP contribution < -0.4 is 0 Å². The highest BCUT2D eigenvalue weighted by atomic mass is 79.9. The molecule has 1 heterocycles. The Morgan fingerprint density at radius 1 is 1.88 bits per heavy atom. The lowest BCUT2D eigenvalue weighted by Crippen LogP contribution is -2.07. The topological polar surface area (TPSA) is 15.6 Å². The smallest absolute Gasteiger partial charge is 0.157 e. The molecule has 1 aliphatic heterocycles. The predicted octanol–water partition coefficient (Wildman–Crippen LogP) is 1.45. The summed E-state index contributed by atoms with van der Waals surface area (Å²) in [5.41, 5.74) is 0. The number of nitrogens with zero attached hydrogens (tertiary/aromatic N) is 2. The van der Waals surface area contributed by atoms with Crippen LogP contribution in [0.3, 0.4) is 0 Å². The fourth-order valence-corrected chi connectivity index (χ4v) is 0.739. The first-order chi connectivity index (χ1) is 3.79. The molecule has 0 N–H and O–H groups in total. The van der Waals surface area contributed by atoms with Crippen LogP contribution >= 0.6 is 16.1 Å². The Morgan fingerprint density at radius 2 is 2.62 bits per heavy atom. The third kappa shape index (κ3) is 1.30. The lowest BCUT2D eigenvalue weighted by molar-refractivity contribution is 0.590. The second-order valence-corrected chi connectivity index (χ2v) is 2.28. The molecular weight excluding hydrogens is 175 g/mol. The van der Waals surface area contributed by atoms with Gasteiger partial charge in [-0.25, -0.2) is 4.39 Å². The molecule has 0 bridgehead atoms. The van der Waals surface area contributed by atoms with Gasteiger partial charge in [0.15, 0.2) is 5.83 Å². The molecule has 0 spiro atoms. The normalized spacial score (nSPS) is 18.8. The monoisotopic (exact) mass is 178 g/mol. The third-order valence-electron chi connectivity index (χ3n) is 0.695. The second kappa shape index (κ2) is 2.26. The zero-order valence-corrected chi connectivity index (χ0v) is 5.60. The molecule has 0 aliphatic carbocycles. The van der Waals surface area contributed by atoms with Crippen molar-refractivity contribution in [1.29, 1.82) is 0 Å². The molecule has 44 valence electrons. The Labute approximate surface area is 55.0 Å². The molecule has 0 aromatic heterocycles. The van der Waals surface area contributed by atoms with E-state index in [0.717, 1.165) is 0 Å². The standard InChI is InChI=1S/C4H4BrFN2/c5-8-2-4(6)1-7-3-8/h1-2H,3H2. The van der Waals surface area contributed by atoms with Crippen molar-refractivity contribution in [2.75, 3.05) is 6.67 Å². The summed E-state index contributed by atoms with van der Waals surface area (Å²) >= 11 is 3.03. The molecule has 0 atom stereocenters. The van der Waals surface area contributed by atoms with E-state index >= 15 is 0 Å². The molecule has 0 unspecified atom stereocenters. The fraction of sp³-hybridized carbons (Fsp3) is 0.250. The van der Waals surface area contributed by atoms with Crippen LogP contribution in [0.15, 0.2) is 17.0 Å². The van der Waals surface area contributed by atoms with Crippen molar-refractivity contribution in [3.63, 3.8) is 0 Å². The molecule has 0 saturated heterocycles. The Morgan fingerprint density at radius 3 is 3.00 bits per heavy atom. The Balaban J connectivity index is 2.63. The summed E-state index contributed by atoms with van der Waals surface area (Å²) in [6.07, 6.45) is 2.52. The van der Waals surface area contributed by atoms with Crippen LogP contribution in [-0.4, -0.2) is 16.8 Å². The Hall–Kier alpha value is -0.380. The number of hydrogen-bond acceptors (Lipinski definition) is 2. The van der Waals surface area contributed by atoms with E-state index in [1.165, 1.54) is 16.3 Å². The zero-order valence-electron chi connectivity index (χ0n) is 4.01. The van der Waals surface area contributed by atoms with Gasteiger partial charge >= 0.3 is 0 Å². The van der Waals surface area contributed by atoms with Crippen molar-refractivity contribution in [3.05, 3.63) is 12.0 Å². The first kappa shape index (κ1) is 5.75. The summed E-state index contributed by atoms with van der Waals surface area (Å²) in [5.74, 6) is -0.326. The summed E-state index contributed by atoms with van der Waals surface area (Å²) in [6, 6.07) is 0. The van der Waals surface area contributed by atoms with Crippen LogP contribution in [0.4, 0.5) is 4.39 Å². The molecule has 0 aromatic carbocycles. The van der Waals surface area contributed by atoms with Crippen LogP contribution in [0.1, 0.15) is 0 Å². The average molecular weight is 179 g/mol. The minimum Gasteiger partial charge on any atom is -0.292 e. The molecule has 0 amide bonds. The number of rotatable bonds is 0. The van der Waals surface area contributed by atoms with E-state index in [1.807, 2.05) is 0 Å². The summed E-state index contributed by atoms with van der Waals surface area (Å²) < 4.78 is 13.6. The van der Waals surface area contributed by atoms with E-state index < -0.39 is 0 Å². The predicted molar refractivity (Wildman–Crippen MR) is 33.3 cm³/mol. The van der Waals surface area contributed by atoms with E-state index in [0.29, 0.717) is 6.67 Å². The summed E-state index contributed by atoms with van der Waals surface area (Å²) in [4.78, 5) is 3.65. The summed E-state index contributed by atoms with van der Waals surface area (Å²) in [7, 11) is 0. The van der Waals surface area contributed by atoms with Gasteiger partial charge in [0.25, 0.3) is 0 Å². The molecule has 0 radical (unpaired) electrons. The number of halogens is 2. The van der Waals surface area contributed by atoms with Gasteiger partial charge in [0.2, 0.25) is 0 Å². The van der Waals surface area contributed by atoms with Crippen LogP contribution in [0.5, 0.6) is 0 Å². The van der Waals surface area contributed by atoms with Gasteiger partial charge in [-0.15, -0.1) is 0 Å². The zero-order chi connectivity index (χ0) is 5.98. The lowest BCUT2D eigenvalue weighted by atomic mass is 10.6. The van der Waals surface area contributed by atoms with Crippen LogP contribution in [0, 0.1) is 0 Å². The highest BCUT2D eigenvalue weighted by Gasteiger charge is 1.99. The molecule has 1 rings (SSSR count). The second-order valence-electron chi connectivity index (χ2n) is 1.37. The summed E-state index contributed by atoms with van der Waals surface area (Å²) in [5, 5.41) is 0. The van der Waals surface area contributed by atoms with Crippen LogP contribution in [0.25, 0.3) is 0 Å². The molecular formula is C4H4BrFN2. The fourth-order valence-electron chi connectivity index (χ4n) is 0.414. The largest absolute Gasteiger partial charge is 0.292 e. The SMILES string of the molecule is FC1=CN(Br)CN=C1. The Kier molecular flexibility index (Phi) is 1.62. The number of allylic oxidation sites excluding steroid dienone is 1. The quantitative estimate of drug-likeness (QED) is 0.514. The van der Waals surface area contributed by atoms with Crippen LogP contribution in [-0.2, 0) is 0 Å². The van der Waals surface area contributed by atoms with E-state index in [9.17, 15) is 4.39 Å². The highest BCUT2D eigenvalue weighted by molar-refractivity contribution is 9.07. The van der Waals surface area contributed by atoms with E-state index in [1.54, 1.807) is 0 Å². The molecule has 0 saturated carbocycles. The third-order valence-corrected chi connectivity index (χ3v) is 1.12. The van der Waals surface area contributed by atoms with Crippen molar-refractivity contribution < 1.29 is 4.39 Å². The van der Waals surface area contributed by atoms with Gasteiger partial charge in [0.05, 0.1) is 22.4 Å². The summed E-state index contributed by atoms with van der Waals surface area (Å²) in [6.45, 7) is 0.480. The number of aliphatic imine (C=N–C) groups is 1. The van der Waals surface area contributed by atoms with Crippen molar-refractivity contribution >= 4 is 22.4 Å². The molecule has 0 aromatic rings. The first-order valence-electron chi connectivity index (χ1n) is 2.08. The van der Waals surface area contributed by atoms with E-state index in [-0.39, 0.29) is 5.83 Å². The lowest BCUT2D eigenvalue weighted by Gasteiger charge is -2.09. The maximum absolute atomic E-state index is 12.1. The van der Waals surface area contributed by atoms with Crippen LogP contribution in [0.2, 0.25) is 0 Å². The van der Waals surface area contributed by atoms with Crippen molar-refractivity contribution in [3.8, 4) is 0 Å². The maximum atomic E-state index is 12.1. The van der Waals surface area contributed by atoms with Crippen molar-refractivity contribution in [2.24, 2.45) is 4.99 Å².